The molecule has 3 N–H and O–H groups in total. The van der Waals surface area contributed by atoms with Crippen molar-refractivity contribution in [1.82, 2.24) is 0 Å². The number of nitrogens with two attached hydrogens (primary N) is 1. The number of hydrogen-bond donors (Lipinski definition) is 2. The summed E-state index contributed by atoms with van der Waals surface area (Å²) < 4.78 is 43.4. The van der Waals surface area contributed by atoms with Crippen LogP contribution in [0.2, 0.25) is 0 Å². The van der Waals surface area contributed by atoms with E-state index in [1.165, 1.54) is 6.07 Å². The molecule has 4 nitrogen and oxygen atoms in total. The summed E-state index contributed by atoms with van der Waals surface area (Å²) in [6.45, 7) is 2.25. The van der Waals surface area contributed by atoms with Crippen molar-refractivity contribution < 1.29 is 22.7 Å². The Kier molecular flexibility index (Phi) is 3.89. The van der Waals surface area contributed by atoms with Gasteiger partial charge in [0, 0.05) is 18.0 Å². The van der Waals surface area contributed by atoms with E-state index in [4.69, 9.17) is 10.5 Å². The Bertz CT molecular complexity index is 517. The third-order valence-electron chi connectivity index (χ3n) is 3.34. The molecule has 1 fully saturated rings. The van der Waals surface area contributed by atoms with Gasteiger partial charge in [-0.05, 0) is 31.5 Å². The summed E-state index contributed by atoms with van der Waals surface area (Å²) in [4.78, 5) is 12.0. The van der Waals surface area contributed by atoms with Crippen molar-refractivity contribution in [2.45, 2.75) is 25.6 Å². The lowest BCUT2D eigenvalue weighted by Crippen LogP contribution is -2.27. The van der Waals surface area contributed by atoms with Gasteiger partial charge >= 0.3 is 6.18 Å². The SMILES string of the molecule is CC1OCCC1C(=O)Nc1ccc(N)c(C(F)(F)F)c1. The number of benzene rings is 1. The number of amides is 1. The van der Waals surface area contributed by atoms with Gasteiger partial charge in [0.05, 0.1) is 17.6 Å². The number of anilines is 2. The van der Waals surface area contributed by atoms with Gasteiger partial charge < -0.3 is 15.8 Å². The molecule has 1 aliphatic rings. The summed E-state index contributed by atoms with van der Waals surface area (Å²) in [6.07, 6.45) is -4.21. The second-order valence-electron chi connectivity index (χ2n) is 4.76. The molecule has 1 aliphatic heterocycles. The highest BCUT2D eigenvalue weighted by Crippen LogP contribution is 2.35. The predicted molar refractivity (Wildman–Crippen MR) is 68.0 cm³/mol. The summed E-state index contributed by atoms with van der Waals surface area (Å²) in [5.74, 6) is -0.685. The molecule has 1 amide bonds. The number of halogens is 3. The minimum Gasteiger partial charge on any atom is -0.398 e. The van der Waals surface area contributed by atoms with Gasteiger partial charge in [-0.25, -0.2) is 0 Å². The molecule has 0 radical (unpaired) electrons. The van der Waals surface area contributed by atoms with E-state index in [-0.39, 0.29) is 29.3 Å². The molecule has 2 rings (SSSR count). The number of ether oxygens (including phenoxy) is 1. The molecule has 20 heavy (non-hydrogen) atoms. The van der Waals surface area contributed by atoms with Gasteiger partial charge in [0.2, 0.25) is 5.91 Å². The Balaban J connectivity index is 2.16. The Morgan fingerprint density at radius 3 is 2.70 bits per heavy atom. The van der Waals surface area contributed by atoms with Crippen molar-refractivity contribution in [1.29, 1.82) is 0 Å². The molecule has 0 aliphatic carbocycles. The first kappa shape index (κ1) is 14.6. The second-order valence-corrected chi connectivity index (χ2v) is 4.76. The monoisotopic (exact) mass is 288 g/mol. The van der Waals surface area contributed by atoms with Crippen LogP contribution in [0.5, 0.6) is 0 Å². The van der Waals surface area contributed by atoms with Gasteiger partial charge in [-0.15, -0.1) is 0 Å². The zero-order valence-corrected chi connectivity index (χ0v) is 10.8. The van der Waals surface area contributed by atoms with Crippen LogP contribution in [0.4, 0.5) is 24.5 Å². The van der Waals surface area contributed by atoms with E-state index in [1.54, 1.807) is 6.92 Å². The summed E-state index contributed by atoms with van der Waals surface area (Å²) in [6, 6.07) is 3.32. The average Bonchev–Trinajstić information content (AvgIpc) is 2.76. The third kappa shape index (κ3) is 3.04. The van der Waals surface area contributed by atoms with Gasteiger partial charge in [-0.3, -0.25) is 4.79 Å². The first-order chi connectivity index (χ1) is 9.29. The minimum atomic E-state index is -4.55. The fourth-order valence-electron chi connectivity index (χ4n) is 2.19. The first-order valence-corrected chi connectivity index (χ1v) is 6.18. The van der Waals surface area contributed by atoms with Crippen molar-refractivity contribution in [2.24, 2.45) is 5.92 Å². The van der Waals surface area contributed by atoms with Crippen LogP contribution < -0.4 is 11.1 Å². The van der Waals surface area contributed by atoms with Crippen LogP contribution >= 0.6 is 0 Å². The standard InChI is InChI=1S/C13H15F3N2O2/c1-7-9(4-5-20-7)12(19)18-8-2-3-11(17)10(6-8)13(14,15)16/h2-3,6-7,9H,4-5,17H2,1H3,(H,18,19). The molecule has 1 aromatic carbocycles. The van der Waals surface area contributed by atoms with Crippen molar-refractivity contribution in [3.05, 3.63) is 23.8 Å². The number of nitrogen functional groups attached to an aromatic ring is 1. The van der Waals surface area contributed by atoms with Crippen LogP contribution in [-0.2, 0) is 15.7 Å². The topological polar surface area (TPSA) is 64.3 Å². The van der Waals surface area contributed by atoms with Crippen LogP contribution in [0.3, 0.4) is 0 Å². The van der Waals surface area contributed by atoms with Crippen LogP contribution in [0.15, 0.2) is 18.2 Å². The van der Waals surface area contributed by atoms with Gasteiger partial charge in [-0.2, -0.15) is 13.2 Å². The maximum Gasteiger partial charge on any atom is 0.418 e. The number of nitrogens with one attached hydrogen (secondary N) is 1. The Hall–Kier alpha value is -1.76. The molecular weight excluding hydrogens is 273 g/mol. The van der Waals surface area contributed by atoms with Gasteiger partial charge in [-0.1, -0.05) is 0 Å². The maximum atomic E-state index is 12.7. The van der Waals surface area contributed by atoms with E-state index in [0.29, 0.717) is 13.0 Å². The summed E-state index contributed by atoms with van der Waals surface area (Å²) in [7, 11) is 0. The van der Waals surface area contributed by atoms with E-state index in [9.17, 15) is 18.0 Å². The molecule has 1 heterocycles. The minimum absolute atomic E-state index is 0.0793. The largest absolute Gasteiger partial charge is 0.418 e. The van der Waals surface area contributed by atoms with E-state index in [1.807, 2.05) is 0 Å². The normalized spacial score (nSPS) is 22.8. The molecule has 1 aromatic rings. The smallest absolute Gasteiger partial charge is 0.398 e. The highest BCUT2D eigenvalue weighted by molar-refractivity contribution is 5.93. The molecule has 0 spiro atoms. The van der Waals surface area contributed by atoms with Gasteiger partial charge in [0.1, 0.15) is 0 Å². The van der Waals surface area contributed by atoms with Crippen molar-refractivity contribution in [2.75, 3.05) is 17.7 Å². The second kappa shape index (κ2) is 5.32. The summed E-state index contributed by atoms with van der Waals surface area (Å²) in [5, 5.41) is 2.48. The van der Waals surface area contributed by atoms with Gasteiger partial charge in [0.15, 0.2) is 0 Å². The number of carbonyl (C=O) groups is 1. The number of alkyl halides is 3. The number of hydrogen-bond acceptors (Lipinski definition) is 3. The maximum absolute atomic E-state index is 12.7. The lowest BCUT2D eigenvalue weighted by Gasteiger charge is -2.16. The highest BCUT2D eigenvalue weighted by Gasteiger charge is 2.34. The fraction of sp³-hybridized carbons (Fsp3) is 0.462. The first-order valence-electron chi connectivity index (χ1n) is 6.18. The number of carbonyl (C=O) groups excluding carboxylic acids is 1. The van der Waals surface area contributed by atoms with E-state index in [2.05, 4.69) is 5.32 Å². The van der Waals surface area contributed by atoms with E-state index >= 15 is 0 Å². The van der Waals surface area contributed by atoms with Gasteiger partial charge in [0.25, 0.3) is 0 Å². The zero-order chi connectivity index (χ0) is 14.9. The molecule has 0 bridgehead atoms. The molecule has 1 saturated heterocycles. The number of rotatable bonds is 2. The van der Waals surface area contributed by atoms with Crippen molar-refractivity contribution in [3.63, 3.8) is 0 Å². The third-order valence-corrected chi connectivity index (χ3v) is 3.34. The Morgan fingerprint density at radius 2 is 2.15 bits per heavy atom. The fourth-order valence-corrected chi connectivity index (χ4v) is 2.19. The lowest BCUT2D eigenvalue weighted by atomic mass is 10.0. The highest BCUT2D eigenvalue weighted by atomic mass is 19.4. The zero-order valence-electron chi connectivity index (χ0n) is 10.8. The van der Waals surface area contributed by atoms with E-state index in [0.717, 1.165) is 12.1 Å². The molecule has 0 aromatic heterocycles. The molecule has 2 atom stereocenters. The average molecular weight is 288 g/mol. The van der Waals surface area contributed by atoms with Crippen LogP contribution in [-0.4, -0.2) is 18.6 Å². The van der Waals surface area contributed by atoms with Crippen LogP contribution in [0.1, 0.15) is 18.9 Å². The summed E-state index contributed by atoms with van der Waals surface area (Å²) >= 11 is 0. The predicted octanol–water partition coefficient (Wildman–Crippen LogP) is 2.65. The summed E-state index contributed by atoms with van der Waals surface area (Å²) in [5.41, 5.74) is 4.06. The lowest BCUT2D eigenvalue weighted by molar-refractivity contribution is -0.137. The van der Waals surface area contributed by atoms with E-state index < -0.39 is 11.7 Å². The van der Waals surface area contributed by atoms with Crippen LogP contribution in [0.25, 0.3) is 0 Å². The molecule has 110 valence electrons. The van der Waals surface area contributed by atoms with Crippen molar-refractivity contribution >= 4 is 17.3 Å². The molecular formula is C13H15F3N2O2. The quantitative estimate of drug-likeness (QED) is 0.822. The molecule has 2 unspecified atom stereocenters. The van der Waals surface area contributed by atoms with Crippen LogP contribution in [0, 0.1) is 5.92 Å². The Morgan fingerprint density at radius 1 is 1.45 bits per heavy atom. The molecule has 7 heteroatoms. The Labute approximate surface area is 114 Å². The molecule has 0 saturated carbocycles. The van der Waals surface area contributed by atoms with Crippen molar-refractivity contribution in [3.8, 4) is 0 Å².